The molecule has 0 aliphatic carbocycles. The molecular weight excluding hydrogens is 242 g/mol. The summed E-state index contributed by atoms with van der Waals surface area (Å²) in [5.74, 6) is 0. The number of aliphatic hydroxyl groups is 1. The highest BCUT2D eigenvalue weighted by molar-refractivity contribution is 7.88. The zero-order valence-electron chi connectivity index (χ0n) is 10.6. The first-order chi connectivity index (χ1) is 7.97. The Balaban J connectivity index is 2.28. The molecule has 0 amide bonds. The van der Waals surface area contributed by atoms with Gasteiger partial charge in [-0.15, -0.1) is 0 Å². The van der Waals surface area contributed by atoms with Gasteiger partial charge in [-0.25, -0.2) is 8.42 Å². The van der Waals surface area contributed by atoms with E-state index in [1.165, 1.54) is 10.6 Å². The molecule has 1 unspecified atom stereocenters. The third kappa shape index (κ3) is 4.89. The highest BCUT2D eigenvalue weighted by Gasteiger charge is 2.23. The van der Waals surface area contributed by atoms with Gasteiger partial charge in [0.1, 0.15) is 0 Å². The molecule has 1 aliphatic heterocycles. The van der Waals surface area contributed by atoms with Crippen molar-refractivity contribution in [2.24, 2.45) is 0 Å². The number of hydrogen-bond donors (Lipinski definition) is 2. The molecule has 1 atom stereocenters. The van der Waals surface area contributed by atoms with Gasteiger partial charge in [0.05, 0.1) is 12.9 Å². The highest BCUT2D eigenvalue weighted by Crippen LogP contribution is 2.06. The Morgan fingerprint density at radius 2 is 1.88 bits per heavy atom. The molecule has 17 heavy (non-hydrogen) atoms. The molecule has 0 aromatic carbocycles. The monoisotopic (exact) mass is 265 g/mol. The maximum atomic E-state index is 11.3. The van der Waals surface area contributed by atoms with E-state index in [0.717, 1.165) is 26.1 Å². The summed E-state index contributed by atoms with van der Waals surface area (Å²) in [7, 11) is -1.20. The normalized spacial score (nSPS) is 21.6. The van der Waals surface area contributed by atoms with Crippen molar-refractivity contribution >= 4 is 10.0 Å². The summed E-state index contributed by atoms with van der Waals surface area (Å²) in [6.07, 6.45) is 2.14. The van der Waals surface area contributed by atoms with E-state index in [2.05, 4.69) is 10.2 Å². The molecule has 0 spiro atoms. The van der Waals surface area contributed by atoms with Crippen molar-refractivity contribution in [2.45, 2.75) is 12.5 Å². The van der Waals surface area contributed by atoms with E-state index in [1.807, 2.05) is 7.05 Å². The third-order valence-electron chi connectivity index (χ3n) is 3.22. The number of piperazine rings is 1. The van der Waals surface area contributed by atoms with Gasteiger partial charge in [-0.05, 0) is 20.0 Å². The maximum Gasteiger partial charge on any atom is 0.211 e. The predicted octanol–water partition coefficient (Wildman–Crippen LogP) is -1.47. The lowest BCUT2D eigenvalue weighted by Crippen LogP contribution is -2.49. The molecule has 0 aromatic rings. The summed E-state index contributed by atoms with van der Waals surface area (Å²) < 4.78 is 24.2. The lowest BCUT2D eigenvalue weighted by Gasteiger charge is -2.33. The topological polar surface area (TPSA) is 72.9 Å². The zero-order valence-corrected chi connectivity index (χ0v) is 11.4. The largest absolute Gasteiger partial charge is 0.395 e. The molecule has 0 aromatic heterocycles. The van der Waals surface area contributed by atoms with Crippen LogP contribution in [0, 0.1) is 0 Å². The number of rotatable bonds is 6. The minimum Gasteiger partial charge on any atom is -0.395 e. The molecule has 6 nitrogen and oxygen atoms in total. The van der Waals surface area contributed by atoms with Gasteiger partial charge in [0.15, 0.2) is 0 Å². The van der Waals surface area contributed by atoms with Crippen molar-refractivity contribution < 1.29 is 13.5 Å². The molecule has 1 fully saturated rings. The third-order valence-corrected chi connectivity index (χ3v) is 4.53. The van der Waals surface area contributed by atoms with Gasteiger partial charge in [-0.3, -0.25) is 0 Å². The van der Waals surface area contributed by atoms with Crippen LogP contribution in [0.15, 0.2) is 0 Å². The molecular formula is C10H23N3O3S. The average Bonchev–Trinajstić information content (AvgIpc) is 2.30. The molecule has 1 saturated heterocycles. The fourth-order valence-electron chi connectivity index (χ4n) is 1.95. The van der Waals surface area contributed by atoms with Crippen LogP contribution in [0.2, 0.25) is 0 Å². The number of nitrogens with one attached hydrogen (secondary N) is 1. The van der Waals surface area contributed by atoms with Crippen LogP contribution < -0.4 is 5.32 Å². The molecule has 0 saturated carbocycles. The van der Waals surface area contributed by atoms with E-state index in [0.29, 0.717) is 13.1 Å². The van der Waals surface area contributed by atoms with Crippen LogP contribution in [0.4, 0.5) is 0 Å². The van der Waals surface area contributed by atoms with Crippen molar-refractivity contribution in [3.05, 3.63) is 0 Å². The Morgan fingerprint density at radius 1 is 1.29 bits per heavy atom. The summed E-state index contributed by atoms with van der Waals surface area (Å²) in [5, 5.41) is 12.1. The Morgan fingerprint density at radius 3 is 2.29 bits per heavy atom. The second-order valence-corrected chi connectivity index (χ2v) is 6.44. The minimum absolute atomic E-state index is 0.128. The average molecular weight is 265 g/mol. The molecule has 0 bridgehead atoms. The van der Waals surface area contributed by atoms with Crippen molar-refractivity contribution in [1.29, 1.82) is 0 Å². The summed E-state index contributed by atoms with van der Waals surface area (Å²) in [6.45, 7) is 3.72. The van der Waals surface area contributed by atoms with Crippen LogP contribution in [0.5, 0.6) is 0 Å². The van der Waals surface area contributed by atoms with Gasteiger partial charge in [0.2, 0.25) is 10.0 Å². The van der Waals surface area contributed by atoms with Crippen LogP contribution in [0.1, 0.15) is 6.42 Å². The molecule has 1 rings (SSSR count). The van der Waals surface area contributed by atoms with Gasteiger partial charge in [-0.1, -0.05) is 0 Å². The molecule has 0 radical (unpaired) electrons. The Labute approximate surface area is 104 Å². The highest BCUT2D eigenvalue weighted by atomic mass is 32.2. The van der Waals surface area contributed by atoms with Crippen molar-refractivity contribution in [1.82, 2.24) is 14.5 Å². The number of likely N-dealkylation sites (N-methyl/N-ethyl adjacent to an activating group) is 1. The van der Waals surface area contributed by atoms with Crippen LogP contribution in [-0.2, 0) is 10.0 Å². The van der Waals surface area contributed by atoms with E-state index in [-0.39, 0.29) is 12.6 Å². The Hall–Kier alpha value is -0.210. The molecule has 2 N–H and O–H groups in total. The van der Waals surface area contributed by atoms with Crippen molar-refractivity contribution in [3.63, 3.8) is 0 Å². The summed E-state index contributed by atoms with van der Waals surface area (Å²) in [5.41, 5.74) is 0. The fraction of sp³-hybridized carbons (Fsp3) is 1.00. The number of sulfonamides is 1. The lowest BCUT2D eigenvalue weighted by atomic mass is 10.2. The minimum atomic E-state index is -3.04. The summed E-state index contributed by atoms with van der Waals surface area (Å²) in [4.78, 5) is 2.24. The van der Waals surface area contributed by atoms with E-state index in [1.54, 1.807) is 0 Å². The van der Waals surface area contributed by atoms with Gasteiger partial charge in [-0.2, -0.15) is 4.31 Å². The van der Waals surface area contributed by atoms with Gasteiger partial charge in [0.25, 0.3) is 0 Å². The standard InChI is InChI=1S/C10H23N3O3S/c1-11-10(9-14)3-4-12-5-7-13(8-6-12)17(2,15)16/h10-11,14H,3-9H2,1-2H3. The zero-order chi connectivity index (χ0) is 12.9. The summed E-state index contributed by atoms with van der Waals surface area (Å²) in [6, 6.07) is 0.128. The smallest absolute Gasteiger partial charge is 0.211 e. The van der Waals surface area contributed by atoms with E-state index < -0.39 is 10.0 Å². The second kappa shape index (κ2) is 6.65. The number of aliphatic hydroxyl groups excluding tert-OH is 1. The first-order valence-electron chi connectivity index (χ1n) is 5.93. The van der Waals surface area contributed by atoms with Crippen LogP contribution in [-0.4, -0.2) is 81.4 Å². The fourth-order valence-corrected chi connectivity index (χ4v) is 2.78. The van der Waals surface area contributed by atoms with Gasteiger partial charge >= 0.3 is 0 Å². The van der Waals surface area contributed by atoms with Crippen LogP contribution >= 0.6 is 0 Å². The quantitative estimate of drug-likeness (QED) is 0.614. The lowest BCUT2D eigenvalue weighted by molar-refractivity contribution is 0.169. The first-order valence-corrected chi connectivity index (χ1v) is 7.78. The van der Waals surface area contributed by atoms with E-state index in [9.17, 15) is 8.42 Å². The molecule has 7 heteroatoms. The Kier molecular flexibility index (Phi) is 5.81. The van der Waals surface area contributed by atoms with E-state index >= 15 is 0 Å². The van der Waals surface area contributed by atoms with Crippen molar-refractivity contribution in [2.75, 3.05) is 52.6 Å². The SMILES string of the molecule is CNC(CO)CCN1CCN(S(C)(=O)=O)CC1. The van der Waals surface area contributed by atoms with Crippen molar-refractivity contribution in [3.8, 4) is 0 Å². The first kappa shape index (κ1) is 14.8. The Bertz CT molecular complexity index is 309. The second-order valence-electron chi connectivity index (χ2n) is 4.46. The van der Waals surface area contributed by atoms with Crippen LogP contribution in [0.25, 0.3) is 0 Å². The van der Waals surface area contributed by atoms with E-state index in [4.69, 9.17) is 5.11 Å². The number of hydrogen-bond acceptors (Lipinski definition) is 5. The number of nitrogens with zero attached hydrogens (tertiary/aromatic N) is 2. The van der Waals surface area contributed by atoms with Gasteiger partial charge < -0.3 is 15.3 Å². The molecule has 1 heterocycles. The maximum absolute atomic E-state index is 11.3. The van der Waals surface area contributed by atoms with Crippen LogP contribution in [0.3, 0.4) is 0 Å². The predicted molar refractivity (Wildman–Crippen MR) is 67.4 cm³/mol. The molecule has 102 valence electrons. The summed E-state index contributed by atoms with van der Waals surface area (Å²) >= 11 is 0. The van der Waals surface area contributed by atoms with Gasteiger partial charge in [0, 0.05) is 32.2 Å². The molecule has 1 aliphatic rings.